The zero-order chi connectivity index (χ0) is 14.2. The number of primary sulfonamides is 1. The summed E-state index contributed by atoms with van der Waals surface area (Å²) in [5.41, 5.74) is 1.37. The van der Waals surface area contributed by atoms with Crippen LogP contribution in [0.3, 0.4) is 0 Å². The van der Waals surface area contributed by atoms with Crippen molar-refractivity contribution in [1.29, 1.82) is 0 Å². The van der Waals surface area contributed by atoms with Crippen LogP contribution in [0.2, 0.25) is 0 Å². The van der Waals surface area contributed by atoms with Crippen molar-refractivity contribution in [3.63, 3.8) is 0 Å². The standard InChI is InChI=1S/C13H10N4O2S/c14-20(18,19)11-6-8-16-13(17-11)10-5-1-3-9-4-2-7-15-12(9)10/h1-8H,(H2,14,18,19). The molecule has 0 aliphatic rings. The molecule has 0 atom stereocenters. The molecule has 0 aliphatic carbocycles. The second-order valence-corrected chi connectivity index (χ2v) is 5.65. The number of rotatable bonds is 2. The monoisotopic (exact) mass is 286 g/mol. The maximum absolute atomic E-state index is 11.4. The lowest BCUT2D eigenvalue weighted by atomic mass is 10.1. The van der Waals surface area contributed by atoms with Gasteiger partial charge in [0.05, 0.1) is 5.52 Å². The number of pyridine rings is 1. The van der Waals surface area contributed by atoms with Crippen LogP contribution in [0.5, 0.6) is 0 Å². The molecule has 2 heterocycles. The van der Waals surface area contributed by atoms with E-state index in [1.807, 2.05) is 24.3 Å². The van der Waals surface area contributed by atoms with Gasteiger partial charge in [-0.05, 0) is 18.2 Å². The Labute approximate surface area is 115 Å². The molecule has 0 spiro atoms. The first kappa shape index (κ1) is 12.6. The van der Waals surface area contributed by atoms with Gasteiger partial charge in [0, 0.05) is 23.3 Å². The predicted octanol–water partition coefficient (Wildman–Crippen LogP) is 1.34. The van der Waals surface area contributed by atoms with Gasteiger partial charge in [0.25, 0.3) is 10.0 Å². The van der Waals surface area contributed by atoms with Crippen LogP contribution in [0.1, 0.15) is 0 Å². The lowest BCUT2D eigenvalue weighted by molar-refractivity contribution is 0.594. The molecule has 0 bridgehead atoms. The molecule has 1 aromatic carbocycles. The van der Waals surface area contributed by atoms with Gasteiger partial charge >= 0.3 is 0 Å². The number of sulfonamides is 1. The maximum atomic E-state index is 11.4. The van der Waals surface area contributed by atoms with Crippen LogP contribution < -0.4 is 5.14 Å². The minimum Gasteiger partial charge on any atom is -0.255 e. The molecule has 0 fully saturated rings. The summed E-state index contributed by atoms with van der Waals surface area (Å²) in [5, 5.41) is 5.80. The highest BCUT2D eigenvalue weighted by molar-refractivity contribution is 7.89. The second kappa shape index (κ2) is 4.62. The normalized spacial score (nSPS) is 11.7. The molecule has 0 radical (unpaired) electrons. The van der Waals surface area contributed by atoms with Crippen LogP contribution in [0.4, 0.5) is 0 Å². The van der Waals surface area contributed by atoms with Crippen LogP contribution in [0.25, 0.3) is 22.3 Å². The van der Waals surface area contributed by atoms with Crippen LogP contribution in [0.15, 0.2) is 53.8 Å². The molecule has 2 aromatic heterocycles. The highest BCUT2D eigenvalue weighted by Crippen LogP contribution is 2.24. The summed E-state index contributed by atoms with van der Waals surface area (Å²) in [4.78, 5) is 12.4. The molecule has 0 amide bonds. The summed E-state index contributed by atoms with van der Waals surface area (Å²) in [6.45, 7) is 0. The molecule has 2 N–H and O–H groups in total. The van der Waals surface area contributed by atoms with Crippen LogP contribution in [-0.2, 0) is 10.0 Å². The number of fused-ring (bicyclic) bond motifs is 1. The molecule has 0 saturated carbocycles. The Hall–Kier alpha value is -2.38. The van der Waals surface area contributed by atoms with Gasteiger partial charge in [0.1, 0.15) is 0 Å². The zero-order valence-electron chi connectivity index (χ0n) is 10.3. The quantitative estimate of drug-likeness (QED) is 0.717. The fourth-order valence-corrected chi connectivity index (χ4v) is 2.38. The van der Waals surface area contributed by atoms with Crippen molar-refractivity contribution in [2.24, 2.45) is 5.14 Å². The van der Waals surface area contributed by atoms with Crippen molar-refractivity contribution >= 4 is 20.9 Å². The van der Waals surface area contributed by atoms with Crippen molar-refractivity contribution < 1.29 is 8.42 Å². The zero-order valence-corrected chi connectivity index (χ0v) is 11.1. The number of aromatic nitrogens is 3. The maximum Gasteiger partial charge on any atom is 0.255 e. The summed E-state index contributed by atoms with van der Waals surface area (Å²) in [7, 11) is -3.86. The van der Waals surface area contributed by atoms with Crippen LogP contribution >= 0.6 is 0 Å². The van der Waals surface area contributed by atoms with Gasteiger partial charge in [-0.2, -0.15) is 0 Å². The Morgan fingerprint density at radius 1 is 0.950 bits per heavy atom. The van der Waals surface area contributed by atoms with Gasteiger partial charge in [-0.25, -0.2) is 23.5 Å². The Morgan fingerprint density at radius 2 is 1.75 bits per heavy atom. The smallest absolute Gasteiger partial charge is 0.255 e. The van der Waals surface area contributed by atoms with E-state index < -0.39 is 10.0 Å². The van der Waals surface area contributed by atoms with Gasteiger partial charge < -0.3 is 0 Å². The van der Waals surface area contributed by atoms with Crippen LogP contribution in [-0.4, -0.2) is 23.4 Å². The summed E-state index contributed by atoms with van der Waals surface area (Å²) in [6, 6.07) is 10.5. The number of benzene rings is 1. The third kappa shape index (κ3) is 2.24. The highest BCUT2D eigenvalue weighted by Gasteiger charge is 2.13. The van der Waals surface area contributed by atoms with E-state index in [0.717, 1.165) is 5.39 Å². The fraction of sp³-hybridized carbons (Fsp3) is 0. The van der Waals surface area contributed by atoms with Crippen LogP contribution in [0, 0.1) is 0 Å². The van der Waals surface area contributed by atoms with Crippen molar-refractivity contribution in [3.8, 4) is 11.4 Å². The minimum atomic E-state index is -3.86. The van der Waals surface area contributed by atoms with E-state index >= 15 is 0 Å². The Morgan fingerprint density at radius 3 is 2.55 bits per heavy atom. The molecule has 20 heavy (non-hydrogen) atoms. The van der Waals surface area contributed by atoms with Crippen molar-refractivity contribution in [3.05, 3.63) is 48.8 Å². The lowest BCUT2D eigenvalue weighted by Gasteiger charge is -2.05. The molecule has 6 nitrogen and oxygen atoms in total. The van der Waals surface area contributed by atoms with E-state index in [2.05, 4.69) is 15.0 Å². The molecule has 0 saturated heterocycles. The lowest BCUT2D eigenvalue weighted by Crippen LogP contribution is -2.14. The average molecular weight is 286 g/mol. The molecule has 0 unspecified atom stereocenters. The van der Waals surface area contributed by atoms with Gasteiger partial charge in [-0.1, -0.05) is 18.2 Å². The SMILES string of the molecule is NS(=O)(=O)c1ccnc(-c2cccc3cccnc23)n1. The molecule has 3 aromatic rings. The van der Waals surface area contributed by atoms with Gasteiger partial charge in [0.15, 0.2) is 10.9 Å². The van der Waals surface area contributed by atoms with Crippen molar-refractivity contribution in [2.75, 3.05) is 0 Å². The number of para-hydroxylation sites is 1. The first-order valence-electron chi connectivity index (χ1n) is 5.76. The van der Waals surface area contributed by atoms with E-state index in [9.17, 15) is 8.42 Å². The Balaban J connectivity index is 2.27. The predicted molar refractivity (Wildman–Crippen MR) is 74.1 cm³/mol. The Kier molecular flexibility index (Phi) is 2.92. The third-order valence-corrected chi connectivity index (χ3v) is 3.61. The van der Waals surface area contributed by atoms with Gasteiger partial charge in [-0.3, -0.25) is 4.98 Å². The molecule has 100 valence electrons. The minimum absolute atomic E-state index is 0.213. The Bertz CT molecular complexity index is 888. The summed E-state index contributed by atoms with van der Waals surface area (Å²) >= 11 is 0. The molecule has 3 rings (SSSR count). The van der Waals surface area contributed by atoms with Crippen molar-refractivity contribution in [1.82, 2.24) is 15.0 Å². The number of hydrogen-bond acceptors (Lipinski definition) is 5. The molecular formula is C13H10N4O2S. The van der Waals surface area contributed by atoms with E-state index in [1.54, 1.807) is 12.3 Å². The summed E-state index contributed by atoms with van der Waals surface area (Å²) in [6.07, 6.45) is 3.03. The van der Waals surface area contributed by atoms with E-state index in [0.29, 0.717) is 11.1 Å². The van der Waals surface area contributed by atoms with E-state index in [4.69, 9.17) is 5.14 Å². The van der Waals surface area contributed by atoms with Gasteiger partial charge in [-0.15, -0.1) is 0 Å². The summed E-state index contributed by atoms with van der Waals surface area (Å²) < 4.78 is 22.7. The number of hydrogen-bond donors (Lipinski definition) is 1. The molecule has 0 aliphatic heterocycles. The molecular weight excluding hydrogens is 276 g/mol. The summed E-state index contributed by atoms with van der Waals surface area (Å²) in [5.74, 6) is 0.279. The average Bonchev–Trinajstić information content (AvgIpc) is 2.46. The largest absolute Gasteiger partial charge is 0.255 e. The van der Waals surface area contributed by atoms with E-state index in [1.165, 1.54) is 12.3 Å². The second-order valence-electron chi connectivity index (χ2n) is 4.14. The third-order valence-electron chi connectivity index (χ3n) is 2.80. The number of nitrogens with zero attached hydrogens (tertiary/aromatic N) is 3. The molecule has 7 heteroatoms. The first-order chi connectivity index (χ1) is 9.55. The first-order valence-corrected chi connectivity index (χ1v) is 7.30. The fourth-order valence-electron chi connectivity index (χ4n) is 1.92. The van der Waals surface area contributed by atoms with Crippen molar-refractivity contribution in [2.45, 2.75) is 5.03 Å². The highest BCUT2D eigenvalue weighted by atomic mass is 32.2. The van der Waals surface area contributed by atoms with Gasteiger partial charge in [0.2, 0.25) is 0 Å². The topological polar surface area (TPSA) is 98.8 Å². The number of nitrogens with two attached hydrogens (primary N) is 1. The van der Waals surface area contributed by atoms with E-state index in [-0.39, 0.29) is 10.9 Å².